The quantitative estimate of drug-likeness (QED) is 0.111. The first-order valence-electron chi connectivity index (χ1n) is 19.8. The van der Waals surface area contributed by atoms with Crippen LogP contribution in [0.15, 0.2) is 36.4 Å². The van der Waals surface area contributed by atoms with Crippen LogP contribution in [0.4, 0.5) is 0 Å². The van der Waals surface area contributed by atoms with Gasteiger partial charge in [0, 0.05) is 24.5 Å². The van der Waals surface area contributed by atoms with Gasteiger partial charge in [0.05, 0.1) is 28.9 Å². The molecule has 10 fully saturated rings. The van der Waals surface area contributed by atoms with Crippen molar-refractivity contribution in [2.24, 2.45) is 35.5 Å². The van der Waals surface area contributed by atoms with Crippen LogP contribution < -0.4 is 9.05 Å². The van der Waals surface area contributed by atoms with Gasteiger partial charge in [0.25, 0.3) is 5.79 Å². The molecule has 18 nitrogen and oxygen atoms in total. The number of methoxy groups -OCH3 is 1. The maximum atomic E-state index is 11.8. The van der Waals surface area contributed by atoms with E-state index in [0.29, 0.717) is 48.6 Å². The van der Waals surface area contributed by atoms with Gasteiger partial charge < -0.3 is 28.4 Å². The third kappa shape index (κ3) is 5.67. The van der Waals surface area contributed by atoms with E-state index in [2.05, 4.69) is 0 Å². The summed E-state index contributed by atoms with van der Waals surface area (Å²) in [5, 5.41) is 30.2. The van der Waals surface area contributed by atoms with Gasteiger partial charge in [-0.15, -0.1) is 0 Å². The first kappa shape index (κ1) is 40.1. The molecular weight excluding hydrogens is 814 g/mol. The maximum Gasteiger partial charge on any atom is 0.524 e. The van der Waals surface area contributed by atoms with E-state index >= 15 is 0 Å². The summed E-state index contributed by atoms with van der Waals surface area (Å²) in [6.07, 6.45) is 7.59. The number of benzene rings is 2. The largest absolute Gasteiger partial charge is 0.524 e. The second-order valence-electron chi connectivity index (χ2n) is 18.0. The summed E-state index contributed by atoms with van der Waals surface area (Å²) < 4.78 is 53.1. The van der Waals surface area contributed by atoms with Crippen LogP contribution >= 0.6 is 15.6 Å². The van der Waals surface area contributed by atoms with Crippen molar-refractivity contribution in [3.05, 3.63) is 58.7 Å². The van der Waals surface area contributed by atoms with Crippen LogP contribution in [-0.4, -0.2) is 67.6 Å². The van der Waals surface area contributed by atoms with Gasteiger partial charge in [0.2, 0.25) is 0 Å². The Morgan fingerprint density at radius 1 is 0.678 bits per heavy atom. The Labute approximate surface area is 338 Å². The van der Waals surface area contributed by atoms with Crippen LogP contribution in [-0.2, 0) is 54.3 Å². The number of phosphoric ester groups is 2. The third-order valence-electron chi connectivity index (χ3n) is 15.2. The summed E-state index contributed by atoms with van der Waals surface area (Å²) in [5.74, 6) is -1.58. The number of phosphoric acid groups is 2. The molecule has 316 valence electrons. The van der Waals surface area contributed by atoms with Gasteiger partial charge in [-0.2, -0.15) is 15.4 Å². The Kier molecular flexibility index (Phi) is 9.01. The minimum Gasteiger partial charge on any atom is -0.403 e. The van der Waals surface area contributed by atoms with E-state index in [-0.39, 0.29) is 53.1 Å². The SMILES string of the molecule is COC1(c2ccc(C#N)c(OP(=O)(O)O)c2)OOC12C1CC3CC2CC(OCOC24CC5CC(C2)C2(OOC2(CO)c2ccc(C#N)c(OP(=O)(O)O)c2)C(C5)C4)(C3)C1. The number of ether oxygens (including phenoxy) is 3. The molecule has 8 bridgehead atoms. The standard InChI is InChI=1S/C39H44N2O16P2/c1-49-39(27-5-3-25(19-41)33(11-27)53-59(46,47)48)38(56-57-39)30-8-23-9-31(38)17-35(13-23,16-30)51-21-50-34-12-22-6-28(14-34)37(29(7-22)15-34)36(20-42,54-55-37)26-4-2-24(18-40)32(10-26)52-58(43,44)45/h2-5,10-11,22-23,28-31,42H,6-9,12-17,20-21H2,1H3,(H2,43,44,45)(H2,46,47,48). The highest BCUT2D eigenvalue weighted by atomic mass is 31.2. The molecule has 2 aliphatic heterocycles. The number of aliphatic hydroxyl groups is 1. The number of hydrogen-bond donors (Lipinski definition) is 5. The van der Waals surface area contributed by atoms with Crippen molar-refractivity contribution in [1.82, 2.24) is 0 Å². The molecule has 2 aromatic carbocycles. The molecule has 2 spiro atoms. The monoisotopic (exact) mass is 858 g/mol. The highest BCUT2D eigenvalue weighted by Crippen LogP contribution is 2.73. The van der Waals surface area contributed by atoms with Crippen LogP contribution in [0.25, 0.3) is 0 Å². The number of aliphatic hydroxyl groups excluding tert-OH is 1. The molecule has 8 aliphatic carbocycles. The predicted octanol–water partition coefficient (Wildman–Crippen LogP) is 4.61. The lowest BCUT2D eigenvalue weighted by Crippen LogP contribution is -2.79. The molecule has 0 amide bonds. The summed E-state index contributed by atoms with van der Waals surface area (Å²) in [6.45, 7) is -0.395. The number of nitriles is 2. The molecule has 0 radical (unpaired) electrons. The average Bonchev–Trinajstić information content (AvgIpc) is 3.13. The molecule has 59 heavy (non-hydrogen) atoms. The molecule has 20 heteroatoms. The molecule has 6 atom stereocenters. The van der Waals surface area contributed by atoms with E-state index in [1.165, 1.54) is 31.4 Å². The van der Waals surface area contributed by atoms with Gasteiger partial charge in [-0.25, -0.2) is 23.8 Å². The Morgan fingerprint density at radius 2 is 1.14 bits per heavy atom. The molecule has 10 aliphatic rings. The summed E-state index contributed by atoms with van der Waals surface area (Å²) >= 11 is 0. The van der Waals surface area contributed by atoms with Crippen molar-refractivity contribution < 1.29 is 76.6 Å². The summed E-state index contributed by atoms with van der Waals surface area (Å²) in [5.41, 5.74) is -3.52. The van der Waals surface area contributed by atoms with Crippen molar-refractivity contribution in [2.45, 2.75) is 98.0 Å². The Morgan fingerprint density at radius 3 is 1.53 bits per heavy atom. The summed E-state index contributed by atoms with van der Waals surface area (Å²) in [6, 6.07) is 12.6. The van der Waals surface area contributed by atoms with E-state index in [0.717, 1.165) is 38.5 Å². The first-order valence-corrected chi connectivity index (χ1v) is 22.8. The molecule has 2 heterocycles. The lowest BCUT2D eigenvalue weighted by Gasteiger charge is -2.71. The van der Waals surface area contributed by atoms with Crippen molar-refractivity contribution in [3.8, 4) is 23.6 Å². The third-order valence-corrected chi connectivity index (χ3v) is 16.1. The van der Waals surface area contributed by atoms with Gasteiger partial charge in [0.1, 0.15) is 36.0 Å². The molecule has 2 saturated heterocycles. The molecule has 0 aromatic heterocycles. The van der Waals surface area contributed by atoms with E-state index in [1.54, 1.807) is 12.1 Å². The fraction of sp³-hybridized carbons (Fsp3) is 0.641. The van der Waals surface area contributed by atoms with Crippen LogP contribution in [0.2, 0.25) is 0 Å². The molecule has 5 N–H and O–H groups in total. The van der Waals surface area contributed by atoms with Crippen molar-refractivity contribution >= 4 is 15.6 Å². The first-order chi connectivity index (χ1) is 28.0. The highest BCUT2D eigenvalue weighted by molar-refractivity contribution is 7.47. The Hall–Kier alpha value is -3.00. The van der Waals surface area contributed by atoms with Gasteiger partial charge in [-0.3, -0.25) is 19.6 Å². The average molecular weight is 859 g/mol. The fourth-order valence-corrected chi connectivity index (χ4v) is 14.4. The van der Waals surface area contributed by atoms with E-state index in [9.17, 15) is 44.3 Å². The van der Waals surface area contributed by atoms with Gasteiger partial charge in [-0.1, -0.05) is 12.1 Å². The minimum atomic E-state index is -5.00. The Balaban J connectivity index is 0.864. The molecule has 2 aromatic rings. The van der Waals surface area contributed by atoms with E-state index < -0.39 is 56.0 Å². The molecule has 8 saturated carbocycles. The smallest absolute Gasteiger partial charge is 0.403 e. The second-order valence-corrected chi connectivity index (χ2v) is 20.3. The minimum absolute atomic E-state index is 0.0541. The zero-order valence-corrected chi connectivity index (χ0v) is 33.7. The van der Waals surface area contributed by atoms with Gasteiger partial charge in [-0.05, 0) is 118 Å². The normalized spacial score (nSPS) is 42.3. The maximum absolute atomic E-state index is 11.8. The zero-order chi connectivity index (χ0) is 41.4. The van der Waals surface area contributed by atoms with E-state index in [4.69, 9.17) is 42.8 Å². The van der Waals surface area contributed by atoms with Crippen molar-refractivity contribution in [1.29, 1.82) is 10.5 Å². The molecule has 12 rings (SSSR count). The highest BCUT2D eigenvalue weighted by Gasteiger charge is 2.80. The lowest BCUT2D eigenvalue weighted by atomic mass is 9.44. The number of nitrogens with zero attached hydrogens (tertiary/aromatic N) is 2. The van der Waals surface area contributed by atoms with Crippen LogP contribution in [0.1, 0.15) is 86.5 Å². The number of hydrogen-bond acceptors (Lipinski definition) is 14. The van der Waals surface area contributed by atoms with E-state index in [1.807, 2.05) is 12.1 Å². The van der Waals surface area contributed by atoms with Crippen molar-refractivity contribution in [2.75, 3.05) is 20.5 Å². The Bertz CT molecular complexity index is 2070. The van der Waals surface area contributed by atoms with Gasteiger partial charge >= 0.3 is 15.6 Å². The second kappa shape index (κ2) is 13.3. The summed E-state index contributed by atoms with van der Waals surface area (Å²) in [7, 11) is -8.49. The summed E-state index contributed by atoms with van der Waals surface area (Å²) in [4.78, 5) is 62.1. The molecular formula is C39H44N2O16P2. The molecule has 6 unspecified atom stereocenters. The van der Waals surface area contributed by atoms with Crippen LogP contribution in [0.3, 0.4) is 0 Å². The zero-order valence-electron chi connectivity index (χ0n) is 31.9. The predicted molar refractivity (Wildman–Crippen MR) is 195 cm³/mol. The van der Waals surface area contributed by atoms with Crippen LogP contribution in [0.5, 0.6) is 11.5 Å². The van der Waals surface area contributed by atoms with Gasteiger partial charge in [0.15, 0.2) is 11.2 Å². The van der Waals surface area contributed by atoms with Crippen LogP contribution in [0, 0.1) is 58.2 Å². The topological polar surface area (TPSA) is 266 Å². The van der Waals surface area contributed by atoms with Crippen molar-refractivity contribution in [3.63, 3.8) is 0 Å². The fourth-order valence-electron chi connectivity index (χ4n) is 13.5. The lowest BCUT2D eigenvalue weighted by molar-refractivity contribution is -0.647. The number of rotatable bonds is 12.